The fourth-order valence-corrected chi connectivity index (χ4v) is 3.14. The van der Waals surface area contributed by atoms with Crippen LogP contribution in [0.1, 0.15) is 46.5 Å². The molecule has 0 saturated carbocycles. The maximum Gasteiger partial charge on any atom is 0.239 e. The van der Waals surface area contributed by atoms with Crippen LogP contribution in [0, 0.1) is 5.92 Å². The molecular weight excluding hydrogens is 469 g/mol. The highest BCUT2D eigenvalue weighted by atomic mass is 127. The molecule has 1 heterocycles. The van der Waals surface area contributed by atoms with E-state index in [1.54, 1.807) is 4.90 Å². The number of ether oxygens (including phenoxy) is 1. The lowest BCUT2D eigenvalue weighted by molar-refractivity contribution is -0.133. The molecule has 1 atom stereocenters. The summed E-state index contributed by atoms with van der Waals surface area (Å²) in [6.45, 7) is 12.3. The van der Waals surface area contributed by atoms with E-state index in [-0.39, 0.29) is 35.9 Å². The van der Waals surface area contributed by atoms with Gasteiger partial charge in [0.05, 0.1) is 12.6 Å². The molecule has 1 aliphatic heterocycles. The number of nitrogens with one attached hydrogen (secondary N) is 2. The number of amides is 1. The molecule has 0 aromatic heterocycles. The Balaban J connectivity index is 0.00000729. The van der Waals surface area contributed by atoms with Crippen LogP contribution in [-0.4, -0.2) is 87.7 Å². The number of aliphatic imine (C=N–C) groups is 1. The lowest BCUT2D eigenvalue weighted by atomic mass is 10.1. The SMILES string of the molecule is CCNC(=NCCCN1CCCC1C(=O)N(C)C)NCCOCCC(C)C.I. The van der Waals surface area contributed by atoms with Crippen molar-refractivity contribution in [1.29, 1.82) is 0 Å². The fraction of sp³-hybridized carbons (Fsp3) is 0.900. The Labute approximate surface area is 189 Å². The number of hydrogen-bond acceptors (Lipinski definition) is 4. The molecule has 7 nitrogen and oxygen atoms in total. The van der Waals surface area contributed by atoms with Crippen molar-refractivity contribution < 1.29 is 9.53 Å². The number of guanidine groups is 1. The Morgan fingerprint density at radius 1 is 1.29 bits per heavy atom. The van der Waals surface area contributed by atoms with Crippen molar-refractivity contribution in [2.45, 2.75) is 52.5 Å². The minimum Gasteiger partial charge on any atom is -0.380 e. The molecule has 0 bridgehead atoms. The van der Waals surface area contributed by atoms with Crippen LogP contribution in [0.2, 0.25) is 0 Å². The number of carbonyl (C=O) groups is 1. The van der Waals surface area contributed by atoms with Gasteiger partial charge in [-0.1, -0.05) is 13.8 Å². The topological polar surface area (TPSA) is 69.2 Å². The zero-order valence-electron chi connectivity index (χ0n) is 18.5. The summed E-state index contributed by atoms with van der Waals surface area (Å²) in [5, 5.41) is 6.59. The van der Waals surface area contributed by atoms with Crippen molar-refractivity contribution >= 4 is 35.8 Å². The van der Waals surface area contributed by atoms with Gasteiger partial charge in [-0.3, -0.25) is 14.7 Å². The van der Waals surface area contributed by atoms with Crippen LogP contribution in [0.3, 0.4) is 0 Å². The molecule has 0 aliphatic carbocycles. The minimum atomic E-state index is 0. The maximum absolute atomic E-state index is 12.2. The van der Waals surface area contributed by atoms with Gasteiger partial charge < -0.3 is 20.3 Å². The van der Waals surface area contributed by atoms with Crippen LogP contribution in [0.15, 0.2) is 4.99 Å². The number of likely N-dealkylation sites (N-methyl/N-ethyl adjacent to an activating group) is 1. The molecule has 166 valence electrons. The Kier molecular flexibility index (Phi) is 15.9. The van der Waals surface area contributed by atoms with Crippen molar-refractivity contribution in [3.63, 3.8) is 0 Å². The smallest absolute Gasteiger partial charge is 0.239 e. The first-order valence-corrected chi connectivity index (χ1v) is 10.5. The van der Waals surface area contributed by atoms with Crippen LogP contribution >= 0.6 is 24.0 Å². The summed E-state index contributed by atoms with van der Waals surface area (Å²) in [5.74, 6) is 1.75. The van der Waals surface area contributed by atoms with Gasteiger partial charge in [0.1, 0.15) is 0 Å². The summed E-state index contributed by atoms with van der Waals surface area (Å²) in [4.78, 5) is 20.9. The van der Waals surface area contributed by atoms with E-state index < -0.39 is 0 Å². The minimum absolute atomic E-state index is 0. The molecule has 1 saturated heterocycles. The predicted molar refractivity (Wildman–Crippen MR) is 128 cm³/mol. The largest absolute Gasteiger partial charge is 0.380 e. The third kappa shape index (κ3) is 11.4. The molecule has 0 spiro atoms. The summed E-state index contributed by atoms with van der Waals surface area (Å²) >= 11 is 0. The van der Waals surface area contributed by atoms with Crippen molar-refractivity contribution in [1.82, 2.24) is 20.4 Å². The second kappa shape index (κ2) is 16.2. The molecule has 2 N–H and O–H groups in total. The first-order valence-electron chi connectivity index (χ1n) is 10.5. The number of halogens is 1. The second-order valence-electron chi connectivity index (χ2n) is 7.76. The molecule has 1 aliphatic rings. The van der Waals surface area contributed by atoms with Crippen LogP contribution in [0.4, 0.5) is 0 Å². The van der Waals surface area contributed by atoms with Crippen molar-refractivity contribution in [2.24, 2.45) is 10.9 Å². The Morgan fingerprint density at radius 2 is 2.04 bits per heavy atom. The van der Waals surface area contributed by atoms with Crippen molar-refractivity contribution in [2.75, 3.05) is 60.0 Å². The quantitative estimate of drug-likeness (QED) is 0.182. The average Bonchev–Trinajstić information content (AvgIpc) is 3.08. The third-order valence-corrected chi connectivity index (χ3v) is 4.69. The first kappa shape index (κ1) is 27.4. The normalized spacial score (nSPS) is 17.5. The van der Waals surface area contributed by atoms with Gasteiger partial charge in [0.15, 0.2) is 5.96 Å². The van der Waals surface area contributed by atoms with Gasteiger partial charge in [-0.05, 0) is 45.1 Å². The highest BCUT2D eigenvalue weighted by Crippen LogP contribution is 2.18. The Bertz CT molecular complexity index is 446. The van der Waals surface area contributed by atoms with Crippen LogP contribution < -0.4 is 10.6 Å². The van der Waals surface area contributed by atoms with Gasteiger partial charge in [-0.2, -0.15) is 0 Å². The zero-order valence-corrected chi connectivity index (χ0v) is 20.8. The number of carbonyl (C=O) groups excluding carboxylic acids is 1. The van der Waals surface area contributed by atoms with Gasteiger partial charge >= 0.3 is 0 Å². The standard InChI is InChI=1S/C20H41N5O2.HI/c1-6-21-20(23-12-16-27-15-10-17(2)3)22-11-8-14-25-13-7-9-18(25)19(26)24(4)5;/h17-18H,6-16H2,1-5H3,(H2,21,22,23);1H. The number of rotatable bonds is 12. The predicted octanol–water partition coefficient (Wildman–Crippen LogP) is 2.16. The van der Waals surface area contributed by atoms with E-state index in [0.29, 0.717) is 12.5 Å². The molecule has 0 aromatic carbocycles. The summed E-state index contributed by atoms with van der Waals surface area (Å²) in [6, 6.07) is 0.0540. The van der Waals surface area contributed by atoms with E-state index in [1.807, 2.05) is 14.1 Å². The Hall–Kier alpha value is -0.610. The van der Waals surface area contributed by atoms with E-state index in [1.165, 1.54) is 0 Å². The van der Waals surface area contributed by atoms with Gasteiger partial charge in [0.2, 0.25) is 5.91 Å². The lowest BCUT2D eigenvalue weighted by Crippen LogP contribution is -2.43. The van der Waals surface area contributed by atoms with Crippen molar-refractivity contribution in [3.8, 4) is 0 Å². The van der Waals surface area contributed by atoms with Gasteiger partial charge in [-0.15, -0.1) is 24.0 Å². The fourth-order valence-electron chi connectivity index (χ4n) is 3.14. The van der Waals surface area contributed by atoms with E-state index in [4.69, 9.17) is 4.74 Å². The maximum atomic E-state index is 12.2. The lowest BCUT2D eigenvalue weighted by Gasteiger charge is -2.25. The first-order chi connectivity index (χ1) is 13.0. The molecule has 8 heteroatoms. The van der Waals surface area contributed by atoms with Gasteiger partial charge in [-0.25, -0.2) is 0 Å². The highest BCUT2D eigenvalue weighted by Gasteiger charge is 2.30. The monoisotopic (exact) mass is 511 g/mol. The molecule has 0 aromatic rings. The Morgan fingerprint density at radius 3 is 2.68 bits per heavy atom. The highest BCUT2D eigenvalue weighted by molar-refractivity contribution is 14.0. The van der Waals surface area contributed by atoms with E-state index >= 15 is 0 Å². The number of likely N-dealkylation sites (tertiary alicyclic amines) is 1. The zero-order chi connectivity index (χ0) is 20.1. The molecule has 28 heavy (non-hydrogen) atoms. The number of nitrogens with zero attached hydrogens (tertiary/aromatic N) is 3. The molecule has 1 fully saturated rings. The summed E-state index contributed by atoms with van der Waals surface area (Å²) in [7, 11) is 3.67. The van der Waals surface area contributed by atoms with E-state index in [9.17, 15) is 4.79 Å². The summed E-state index contributed by atoms with van der Waals surface area (Å²) in [6.07, 6.45) is 4.14. The van der Waals surface area contributed by atoms with Crippen LogP contribution in [0.5, 0.6) is 0 Å². The summed E-state index contributed by atoms with van der Waals surface area (Å²) in [5.41, 5.74) is 0. The van der Waals surface area contributed by atoms with E-state index in [2.05, 4.69) is 41.3 Å². The molecule has 1 amide bonds. The molecule has 1 rings (SSSR count). The second-order valence-corrected chi connectivity index (χ2v) is 7.76. The van der Waals surface area contributed by atoms with Gasteiger partial charge in [0, 0.05) is 46.9 Å². The molecule has 1 unspecified atom stereocenters. The summed E-state index contributed by atoms with van der Waals surface area (Å²) < 4.78 is 5.63. The third-order valence-electron chi connectivity index (χ3n) is 4.69. The molecule has 0 radical (unpaired) electrons. The van der Waals surface area contributed by atoms with E-state index in [0.717, 1.165) is 71.0 Å². The number of hydrogen-bond donors (Lipinski definition) is 2. The van der Waals surface area contributed by atoms with Crippen LogP contribution in [-0.2, 0) is 9.53 Å². The van der Waals surface area contributed by atoms with Crippen molar-refractivity contribution in [3.05, 3.63) is 0 Å². The average molecular weight is 511 g/mol. The van der Waals surface area contributed by atoms with Gasteiger partial charge in [0.25, 0.3) is 0 Å². The van der Waals surface area contributed by atoms with Crippen LogP contribution in [0.25, 0.3) is 0 Å². The molecular formula is C20H42IN5O2.